The first-order valence-corrected chi connectivity index (χ1v) is 9.39. The molecule has 3 aliphatic rings. The first-order valence-electron chi connectivity index (χ1n) is 9.01. The van der Waals surface area contributed by atoms with E-state index < -0.39 is 5.91 Å². The Morgan fingerprint density at radius 2 is 2.17 bits per heavy atom. The number of hydrogen-bond donors (Lipinski definition) is 1. The van der Waals surface area contributed by atoms with Crippen molar-refractivity contribution in [3.63, 3.8) is 0 Å². The van der Waals surface area contributed by atoms with Crippen molar-refractivity contribution in [1.82, 2.24) is 4.90 Å². The molecule has 1 amide bonds. The van der Waals surface area contributed by atoms with E-state index in [-0.39, 0.29) is 0 Å². The van der Waals surface area contributed by atoms with Gasteiger partial charge in [-0.05, 0) is 80.1 Å². The van der Waals surface area contributed by atoms with E-state index in [1.54, 1.807) is 13.2 Å². The summed E-state index contributed by atoms with van der Waals surface area (Å²) in [5, 5.41) is 0.695. The van der Waals surface area contributed by atoms with Crippen molar-refractivity contribution in [3.8, 4) is 5.75 Å². The van der Waals surface area contributed by atoms with Gasteiger partial charge in [0.2, 0.25) is 0 Å². The largest absolute Gasteiger partial charge is 0.496 e. The molecule has 1 aromatic rings. The molecule has 2 N–H and O–H groups in total. The fourth-order valence-corrected chi connectivity index (χ4v) is 5.74. The second kappa shape index (κ2) is 6.23. The molecule has 2 heterocycles. The van der Waals surface area contributed by atoms with Gasteiger partial charge in [0.05, 0.1) is 12.7 Å². The van der Waals surface area contributed by atoms with Gasteiger partial charge in [0.1, 0.15) is 5.75 Å². The molecular formula is C19H25ClN2O2. The molecule has 24 heavy (non-hydrogen) atoms. The zero-order valence-electron chi connectivity index (χ0n) is 14.2. The highest BCUT2D eigenvalue weighted by atomic mass is 35.5. The molecule has 4 unspecified atom stereocenters. The van der Waals surface area contributed by atoms with E-state index in [0.29, 0.717) is 28.2 Å². The van der Waals surface area contributed by atoms with Crippen LogP contribution in [0, 0.1) is 11.8 Å². The van der Waals surface area contributed by atoms with Crippen molar-refractivity contribution in [2.24, 2.45) is 17.6 Å². The lowest BCUT2D eigenvalue weighted by molar-refractivity contribution is 0.0605. The van der Waals surface area contributed by atoms with E-state index in [9.17, 15) is 4.79 Å². The van der Waals surface area contributed by atoms with Crippen LogP contribution >= 0.6 is 11.6 Å². The number of amides is 1. The Labute approximate surface area is 148 Å². The topological polar surface area (TPSA) is 55.6 Å². The van der Waals surface area contributed by atoms with E-state index in [1.165, 1.54) is 44.5 Å². The summed E-state index contributed by atoms with van der Waals surface area (Å²) in [4.78, 5) is 14.3. The lowest BCUT2D eigenvalue weighted by atomic mass is 9.71. The fraction of sp³-hybridized carbons (Fsp3) is 0.632. The van der Waals surface area contributed by atoms with Crippen molar-refractivity contribution in [1.29, 1.82) is 0 Å². The Morgan fingerprint density at radius 1 is 1.33 bits per heavy atom. The summed E-state index contributed by atoms with van der Waals surface area (Å²) in [6.45, 7) is 3.72. The number of piperidine rings is 2. The Balaban J connectivity index is 1.72. The van der Waals surface area contributed by atoms with Crippen molar-refractivity contribution in [3.05, 3.63) is 27.8 Å². The zero-order chi connectivity index (χ0) is 16.8. The molecule has 1 aromatic carbocycles. The smallest absolute Gasteiger partial charge is 0.252 e. The number of benzene rings is 1. The van der Waals surface area contributed by atoms with E-state index >= 15 is 0 Å². The average Bonchev–Trinajstić information content (AvgIpc) is 3.00. The number of primary amides is 1. The minimum atomic E-state index is -0.472. The average molecular weight is 349 g/mol. The summed E-state index contributed by atoms with van der Waals surface area (Å²) in [6.07, 6.45) is 5.94. The second-order valence-corrected chi connectivity index (χ2v) is 7.90. The van der Waals surface area contributed by atoms with Crippen LogP contribution < -0.4 is 10.5 Å². The number of nitrogens with two attached hydrogens (primary N) is 1. The Morgan fingerprint density at radius 3 is 2.92 bits per heavy atom. The molecule has 4 nitrogen and oxygen atoms in total. The fourth-order valence-electron chi connectivity index (χ4n) is 5.38. The number of ether oxygens (including phenoxy) is 1. The molecule has 0 aromatic heterocycles. The van der Waals surface area contributed by atoms with Crippen molar-refractivity contribution in [2.75, 3.05) is 26.7 Å². The summed E-state index contributed by atoms with van der Waals surface area (Å²) in [6, 6.07) is 1.72. The minimum Gasteiger partial charge on any atom is -0.496 e. The minimum absolute atomic E-state index is 0.411. The maximum atomic E-state index is 11.7. The molecule has 5 heteroatoms. The molecule has 4 rings (SSSR count). The number of fused-ring (bicyclic) bond motifs is 3. The van der Waals surface area contributed by atoms with Gasteiger partial charge in [-0.25, -0.2) is 0 Å². The van der Waals surface area contributed by atoms with E-state index in [1.807, 2.05) is 0 Å². The number of hydrogen-bond acceptors (Lipinski definition) is 3. The molecule has 2 saturated heterocycles. The standard InChI is InChI=1S/C19H25ClN2O2/c1-24-18-14-5-4-13(17(14)16(20)9-15(18)19(21)23)12-6-8-22-7-2-3-11(12)10-22/h9,11-13H,2-8,10H2,1H3,(H2,21,23). The first-order chi connectivity index (χ1) is 11.6. The molecule has 130 valence electrons. The van der Waals surface area contributed by atoms with Crippen LogP contribution in [-0.4, -0.2) is 37.6 Å². The predicted octanol–water partition coefficient (Wildman–Crippen LogP) is 3.21. The third-order valence-electron chi connectivity index (χ3n) is 6.36. The number of carbonyl (C=O) groups excluding carboxylic acids is 1. The van der Waals surface area contributed by atoms with E-state index in [0.717, 1.165) is 24.3 Å². The highest BCUT2D eigenvalue weighted by Gasteiger charge is 2.41. The van der Waals surface area contributed by atoms with Gasteiger partial charge in [-0.2, -0.15) is 0 Å². The molecule has 2 aliphatic heterocycles. The van der Waals surface area contributed by atoms with Gasteiger partial charge in [0, 0.05) is 11.6 Å². The maximum Gasteiger partial charge on any atom is 0.252 e. The summed E-state index contributed by atoms with van der Waals surface area (Å²) < 4.78 is 5.55. The van der Waals surface area contributed by atoms with E-state index in [2.05, 4.69) is 4.90 Å². The van der Waals surface area contributed by atoms with Gasteiger partial charge in [0.15, 0.2) is 0 Å². The highest BCUT2D eigenvalue weighted by molar-refractivity contribution is 6.32. The summed E-state index contributed by atoms with van der Waals surface area (Å²) >= 11 is 6.62. The Kier molecular flexibility index (Phi) is 4.21. The van der Waals surface area contributed by atoms with Crippen molar-refractivity contribution < 1.29 is 9.53 Å². The van der Waals surface area contributed by atoms with Crippen LogP contribution in [0.4, 0.5) is 0 Å². The summed E-state index contributed by atoms with van der Waals surface area (Å²) in [7, 11) is 1.61. The van der Waals surface area contributed by atoms with Gasteiger partial charge < -0.3 is 15.4 Å². The lowest BCUT2D eigenvalue weighted by Crippen LogP contribution is -2.46. The molecule has 0 saturated carbocycles. The SMILES string of the molecule is COc1c(C(N)=O)cc(Cl)c2c1CCC2C1CCN2CCCC1C2. The lowest BCUT2D eigenvalue weighted by Gasteiger charge is -2.45. The first kappa shape index (κ1) is 16.2. The van der Waals surface area contributed by atoms with Crippen LogP contribution in [0.25, 0.3) is 0 Å². The summed E-state index contributed by atoms with van der Waals surface area (Å²) in [5.41, 5.74) is 8.26. The molecular weight excluding hydrogens is 324 g/mol. The van der Waals surface area contributed by atoms with Gasteiger partial charge in [-0.3, -0.25) is 4.79 Å². The van der Waals surface area contributed by atoms with Crippen LogP contribution in [0.15, 0.2) is 6.07 Å². The van der Waals surface area contributed by atoms with Crippen LogP contribution in [0.1, 0.15) is 53.1 Å². The highest BCUT2D eigenvalue weighted by Crippen LogP contribution is 2.51. The normalized spacial score (nSPS) is 31.6. The quantitative estimate of drug-likeness (QED) is 0.912. The third kappa shape index (κ3) is 2.51. The molecule has 1 aliphatic carbocycles. The van der Waals surface area contributed by atoms with Crippen molar-refractivity contribution >= 4 is 17.5 Å². The van der Waals surface area contributed by atoms with E-state index in [4.69, 9.17) is 22.1 Å². The predicted molar refractivity (Wildman–Crippen MR) is 94.9 cm³/mol. The second-order valence-electron chi connectivity index (χ2n) is 7.50. The van der Waals surface area contributed by atoms with Crippen LogP contribution in [0.2, 0.25) is 5.02 Å². The number of nitrogens with zero attached hydrogens (tertiary/aromatic N) is 1. The molecule has 2 fully saturated rings. The Hall–Kier alpha value is -1.26. The number of carbonyl (C=O) groups is 1. The molecule has 0 radical (unpaired) electrons. The number of rotatable bonds is 3. The van der Waals surface area contributed by atoms with Gasteiger partial charge in [0.25, 0.3) is 5.91 Å². The molecule has 4 atom stereocenters. The molecule has 0 spiro atoms. The number of methoxy groups -OCH3 is 1. The Bertz CT molecular complexity index is 676. The number of halogens is 1. The van der Waals surface area contributed by atoms with Crippen LogP contribution in [-0.2, 0) is 6.42 Å². The maximum absolute atomic E-state index is 11.7. The van der Waals surface area contributed by atoms with Gasteiger partial charge in [-0.15, -0.1) is 0 Å². The van der Waals surface area contributed by atoms with Gasteiger partial charge >= 0.3 is 0 Å². The van der Waals surface area contributed by atoms with Crippen molar-refractivity contribution in [2.45, 2.75) is 38.0 Å². The van der Waals surface area contributed by atoms with Gasteiger partial charge in [-0.1, -0.05) is 11.6 Å². The van der Waals surface area contributed by atoms with Crippen LogP contribution in [0.3, 0.4) is 0 Å². The summed E-state index contributed by atoms with van der Waals surface area (Å²) in [5.74, 6) is 2.14. The zero-order valence-corrected chi connectivity index (χ0v) is 14.9. The van der Waals surface area contributed by atoms with Crippen LogP contribution in [0.5, 0.6) is 5.75 Å². The molecule has 2 bridgehead atoms. The third-order valence-corrected chi connectivity index (χ3v) is 6.67. The monoisotopic (exact) mass is 348 g/mol.